The first-order valence-corrected chi connectivity index (χ1v) is 4.81. The first-order valence-electron chi connectivity index (χ1n) is 4.81. The van der Waals surface area contributed by atoms with Gasteiger partial charge in [0.2, 0.25) is 0 Å². The minimum absolute atomic E-state index is 0.276. The maximum atomic E-state index is 11.0. The first kappa shape index (κ1) is 10.4. The number of carbonyl (C=O) groups is 1. The largest absolute Gasteiger partial charge is 0.478 e. The molecular weight excluding hydrogens is 206 g/mol. The Kier molecular flexibility index (Phi) is 2.68. The Labute approximate surface area is 92.4 Å². The van der Waals surface area contributed by atoms with Crippen LogP contribution in [0.25, 0.3) is 0 Å². The molecule has 2 aromatic heterocycles. The zero-order valence-corrected chi connectivity index (χ0v) is 8.79. The van der Waals surface area contributed by atoms with Crippen LogP contribution in [-0.2, 0) is 13.5 Å². The van der Waals surface area contributed by atoms with Gasteiger partial charge in [-0.05, 0) is 11.6 Å². The minimum Gasteiger partial charge on any atom is -0.478 e. The molecule has 0 atom stereocenters. The highest BCUT2D eigenvalue weighted by molar-refractivity contribution is 5.89. The number of nitrogens with zero attached hydrogens (tertiary/aromatic N) is 3. The number of carboxylic acids is 1. The Morgan fingerprint density at radius 3 is 2.94 bits per heavy atom. The van der Waals surface area contributed by atoms with Gasteiger partial charge in [0.1, 0.15) is 5.82 Å². The van der Waals surface area contributed by atoms with Crippen molar-refractivity contribution in [2.24, 2.45) is 7.05 Å². The highest BCUT2D eigenvalue weighted by atomic mass is 16.4. The average Bonchev–Trinajstić information content (AvgIpc) is 2.65. The second-order valence-corrected chi connectivity index (χ2v) is 3.47. The lowest BCUT2D eigenvalue weighted by molar-refractivity contribution is 0.0695. The summed E-state index contributed by atoms with van der Waals surface area (Å²) < 4.78 is 1.86. The lowest BCUT2D eigenvalue weighted by atomic mass is 10.1. The maximum absolute atomic E-state index is 11.0. The smallest absolute Gasteiger partial charge is 0.336 e. The SMILES string of the molecule is Cn1ccnc1Cc1cnccc1C(=O)O. The predicted octanol–water partition coefficient (Wildman–Crippen LogP) is 1.10. The Morgan fingerprint density at radius 2 is 2.31 bits per heavy atom. The fraction of sp³-hybridized carbons (Fsp3) is 0.182. The molecule has 0 aliphatic heterocycles. The van der Waals surface area contributed by atoms with Crippen LogP contribution in [0, 0.1) is 0 Å². The molecule has 0 fully saturated rings. The molecule has 0 saturated carbocycles. The third kappa shape index (κ3) is 1.93. The third-order valence-electron chi connectivity index (χ3n) is 2.40. The van der Waals surface area contributed by atoms with Crippen molar-refractivity contribution in [2.45, 2.75) is 6.42 Å². The first-order chi connectivity index (χ1) is 7.68. The molecule has 2 heterocycles. The number of hydrogen-bond acceptors (Lipinski definition) is 3. The van der Waals surface area contributed by atoms with Crippen LogP contribution in [0.3, 0.4) is 0 Å². The maximum Gasteiger partial charge on any atom is 0.336 e. The van der Waals surface area contributed by atoms with Crippen molar-refractivity contribution < 1.29 is 9.90 Å². The molecule has 0 aliphatic carbocycles. The van der Waals surface area contributed by atoms with Gasteiger partial charge in [-0.3, -0.25) is 4.98 Å². The molecule has 0 unspecified atom stereocenters. The highest BCUT2D eigenvalue weighted by Crippen LogP contribution is 2.11. The summed E-state index contributed by atoms with van der Waals surface area (Å²) in [4.78, 5) is 19.1. The van der Waals surface area contributed by atoms with E-state index < -0.39 is 5.97 Å². The van der Waals surface area contributed by atoms with Crippen molar-refractivity contribution in [3.63, 3.8) is 0 Å². The van der Waals surface area contributed by atoms with E-state index in [1.807, 2.05) is 17.8 Å². The lowest BCUT2D eigenvalue weighted by Gasteiger charge is -2.05. The monoisotopic (exact) mass is 217 g/mol. The molecule has 0 spiro atoms. The van der Waals surface area contributed by atoms with E-state index in [1.54, 1.807) is 12.4 Å². The van der Waals surface area contributed by atoms with E-state index in [2.05, 4.69) is 9.97 Å². The molecule has 0 radical (unpaired) electrons. The van der Waals surface area contributed by atoms with Crippen LogP contribution in [0.2, 0.25) is 0 Å². The second-order valence-electron chi connectivity index (χ2n) is 3.47. The summed E-state index contributed by atoms with van der Waals surface area (Å²) in [6.45, 7) is 0. The van der Waals surface area contributed by atoms with Crippen LogP contribution in [0.15, 0.2) is 30.9 Å². The number of carboxylic acid groups (broad SMARTS) is 1. The van der Waals surface area contributed by atoms with Gasteiger partial charge in [0.15, 0.2) is 0 Å². The summed E-state index contributed by atoms with van der Waals surface area (Å²) >= 11 is 0. The molecule has 16 heavy (non-hydrogen) atoms. The van der Waals surface area contributed by atoms with Gasteiger partial charge in [0.25, 0.3) is 0 Å². The zero-order chi connectivity index (χ0) is 11.5. The van der Waals surface area contributed by atoms with Gasteiger partial charge in [-0.2, -0.15) is 0 Å². The normalized spacial score (nSPS) is 10.3. The number of imidazole rings is 1. The van der Waals surface area contributed by atoms with Crippen molar-refractivity contribution >= 4 is 5.97 Å². The van der Waals surface area contributed by atoms with Crippen molar-refractivity contribution in [3.05, 3.63) is 47.8 Å². The fourth-order valence-electron chi connectivity index (χ4n) is 1.51. The van der Waals surface area contributed by atoms with Crippen molar-refractivity contribution in [1.82, 2.24) is 14.5 Å². The second kappa shape index (κ2) is 4.14. The number of aromatic nitrogens is 3. The molecular formula is C11H11N3O2. The van der Waals surface area contributed by atoms with Crippen molar-refractivity contribution in [2.75, 3.05) is 0 Å². The molecule has 2 aromatic rings. The Morgan fingerprint density at radius 1 is 1.50 bits per heavy atom. The number of pyridine rings is 1. The van der Waals surface area contributed by atoms with Crippen LogP contribution in [0.5, 0.6) is 0 Å². The molecule has 0 bridgehead atoms. The van der Waals surface area contributed by atoms with Crippen LogP contribution >= 0.6 is 0 Å². The number of aryl methyl sites for hydroxylation is 1. The van der Waals surface area contributed by atoms with E-state index in [9.17, 15) is 4.79 Å². The molecule has 0 amide bonds. The minimum atomic E-state index is -0.938. The molecule has 0 aromatic carbocycles. The molecule has 1 N–H and O–H groups in total. The zero-order valence-electron chi connectivity index (χ0n) is 8.79. The lowest BCUT2D eigenvalue weighted by Crippen LogP contribution is -2.06. The van der Waals surface area contributed by atoms with E-state index in [-0.39, 0.29) is 5.56 Å². The standard InChI is InChI=1S/C11H11N3O2/c1-14-5-4-13-10(14)6-8-7-12-3-2-9(8)11(15)16/h2-5,7H,6H2,1H3,(H,15,16). The van der Waals surface area contributed by atoms with Crippen LogP contribution < -0.4 is 0 Å². The predicted molar refractivity (Wildman–Crippen MR) is 57.2 cm³/mol. The summed E-state index contributed by atoms with van der Waals surface area (Å²) in [6.07, 6.45) is 7.03. The molecule has 82 valence electrons. The van der Waals surface area contributed by atoms with Crippen molar-refractivity contribution in [1.29, 1.82) is 0 Å². The summed E-state index contributed by atoms with van der Waals surface area (Å²) in [5, 5.41) is 9.01. The van der Waals surface area contributed by atoms with Crippen molar-refractivity contribution in [3.8, 4) is 0 Å². The van der Waals surface area contributed by atoms with Gasteiger partial charge in [-0.1, -0.05) is 0 Å². The molecule has 0 aliphatic rings. The van der Waals surface area contributed by atoms with Crippen LogP contribution in [0.4, 0.5) is 0 Å². The van der Waals surface area contributed by atoms with Crippen LogP contribution in [0.1, 0.15) is 21.7 Å². The van der Waals surface area contributed by atoms with Gasteiger partial charge in [0.05, 0.1) is 5.56 Å². The van der Waals surface area contributed by atoms with E-state index in [4.69, 9.17) is 5.11 Å². The Bertz CT molecular complexity index is 519. The van der Waals surface area contributed by atoms with Gasteiger partial charge in [-0.25, -0.2) is 9.78 Å². The van der Waals surface area contributed by atoms with Gasteiger partial charge in [-0.15, -0.1) is 0 Å². The topological polar surface area (TPSA) is 68.0 Å². The average molecular weight is 217 g/mol. The molecule has 5 heteroatoms. The molecule has 5 nitrogen and oxygen atoms in total. The number of aromatic carboxylic acids is 1. The fourth-order valence-corrected chi connectivity index (χ4v) is 1.51. The van der Waals surface area contributed by atoms with E-state index in [0.29, 0.717) is 12.0 Å². The number of rotatable bonds is 3. The Hall–Kier alpha value is -2.17. The van der Waals surface area contributed by atoms with Crippen LogP contribution in [-0.4, -0.2) is 25.6 Å². The summed E-state index contributed by atoms with van der Waals surface area (Å²) in [5.74, 6) is -0.123. The van der Waals surface area contributed by atoms with Gasteiger partial charge < -0.3 is 9.67 Å². The number of hydrogen-bond donors (Lipinski definition) is 1. The molecule has 2 rings (SSSR count). The van der Waals surface area contributed by atoms with E-state index >= 15 is 0 Å². The Balaban J connectivity index is 2.35. The summed E-state index contributed by atoms with van der Waals surface area (Å²) in [5.41, 5.74) is 0.947. The van der Waals surface area contributed by atoms with Gasteiger partial charge in [0, 0.05) is 38.3 Å². The molecule has 0 saturated heterocycles. The third-order valence-corrected chi connectivity index (χ3v) is 2.40. The summed E-state index contributed by atoms with van der Waals surface area (Å²) in [7, 11) is 1.87. The van der Waals surface area contributed by atoms with E-state index in [0.717, 1.165) is 5.82 Å². The highest BCUT2D eigenvalue weighted by Gasteiger charge is 2.11. The van der Waals surface area contributed by atoms with Gasteiger partial charge >= 0.3 is 5.97 Å². The summed E-state index contributed by atoms with van der Waals surface area (Å²) in [6, 6.07) is 1.50. The quantitative estimate of drug-likeness (QED) is 0.836. The van der Waals surface area contributed by atoms with E-state index in [1.165, 1.54) is 12.3 Å².